The zero-order valence-corrected chi connectivity index (χ0v) is 12.5. The van der Waals surface area contributed by atoms with E-state index < -0.39 is 5.97 Å². The molecule has 1 aromatic carbocycles. The van der Waals surface area contributed by atoms with Gasteiger partial charge in [-0.25, -0.2) is 4.79 Å². The number of carboxylic acid groups (broad SMARTS) is 1. The van der Waals surface area contributed by atoms with Gasteiger partial charge >= 0.3 is 5.97 Å². The van der Waals surface area contributed by atoms with Crippen molar-refractivity contribution in [3.63, 3.8) is 0 Å². The van der Waals surface area contributed by atoms with Crippen LogP contribution in [-0.2, 0) is 0 Å². The maximum Gasteiger partial charge on any atom is 0.337 e. The standard InChI is InChI=1S/C13H6Cl3N3O2/c14-8-2-1-6(3-9(8)15)11-17-18-12-10(16)4-7(13(20)21)5-19(11)12/h1-5H,(H,20,21). The molecule has 2 aromatic heterocycles. The van der Waals surface area contributed by atoms with Crippen molar-refractivity contribution >= 4 is 46.4 Å². The van der Waals surface area contributed by atoms with E-state index in [-0.39, 0.29) is 10.6 Å². The number of fused-ring (bicyclic) bond motifs is 1. The number of benzene rings is 1. The lowest BCUT2D eigenvalue weighted by molar-refractivity contribution is 0.0696. The van der Waals surface area contributed by atoms with Crippen molar-refractivity contribution < 1.29 is 9.90 Å². The van der Waals surface area contributed by atoms with E-state index >= 15 is 0 Å². The molecule has 0 bridgehead atoms. The van der Waals surface area contributed by atoms with Crippen LogP contribution in [0.1, 0.15) is 10.4 Å². The van der Waals surface area contributed by atoms with Gasteiger partial charge in [0, 0.05) is 11.8 Å². The zero-order chi connectivity index (χ0) is 15.1. The molecule has 0 unspecified atom stereocenters. The number of pyridine rings is 1. The van der Waals surface area contributed by atoms with Crippen molar-refractivity contribution in [2.24, 2.45) is 0 Å². The second-order valence-corrected chi connectivity index (χ2v) is 5.45. The van der Waals surface area contributed by atoms with E-state index in [1.807, 2.05) is 0 Å². The molecule has 21 heavy (non-hydrogen) atoms. The van der Waals surface area contributed by atoms with E-state index in [0.717, 1.165) is 0 Å². The molecule has 2 heterocycles. The monoisotopic (exact) mass is 341 g/mol. The first-order valence-electron chi connectivity index (χ1n) is 5.70. The summed E-state index contributed by atoms with van der Waals surface area (Å²) >= 11 is 17.9. The fourth-order valence-corrected chi connectivity index (χ4v) is 2.45. The molecule has 3 aromatic rings. The molecular formula is C13H6Cl3N3O2. The van der Waals surface area contributed by atoms with Gasteiger partial charge in [0.05, 0.1) is 20.6 Å². The van der Waals surface area contributed by atoms with Crippen molar-refractivity contribution in [2.75, 3.05) is 0 Å². The Hall–Kier alpha value is -1.82. The van der Waals surface area contributed by atoms with Gasteiger partial charge in [-0.1, -0.05) is 34.8 Å². The molecule has 8 heteroatoms. The van der Waals surface area contributed by atoms with Crippen LogP contribution in [0, 0.1) is 0 Å². The van der Waals surface area contributed by atoms with Crippen LogP contribution in [0.25, 0.3) is 17.0 Å². The summed E-state index contributed by atoms with van der Waals surface area (Å²) in [5.74, 6) is -0.666. The predicted molar refractivity (Wildman–Crippen MR) is 80.4 cm³/mol. The molecule has 0 aliphatic carbocycles. The highest BCUT2D eigenvalue weighted by Gasteiger charge is 2.15. The first-order valence-corrected chi connectivity index (χ1v) is 6.84. The summed E-state index contributed by atoms with van der Waals surface area (Å²) in [6.45, 7) is 0. The Morgan fingerprint density at radius 1 is 1.05 bits per heavy atom. The van der Waals surface area contributed by atoms with Crippen LogP contribution in [0.15, 0.2) is 30.5 Å². The fraction of sp³-hybridized carbons (Fsp3) is 0. The summed E-state index contributed by atoms with van der Waals surface area (Å²) in [5.41, 5.74) is 1.05. The topological polar surface area (TPSA) is 67.5 Å². The molecule has 3 rings (SSSR count). The molecule has 0 amide bonds. The molecule has 106 valence electrons. The molecule has 0 aliphatic heterocycles. The number of nitrogens with zero attached hydrogens (tertiary/aromatic N) is 3. The number of hydrogen-bond donors (Lipinski definition) is 1. The maximum absolute atomic E-state index is 11.1. The highest BCUT2D eigenvalue weighted by atomic mass is 35.5. The minimum atomic E-state index is -1.09. The Bertz CT molecular complexity index is 876. The molecule has 0 fully saturated rings. The van der Waals surface area contributed by atoms with E-state index in [4.69, 9.17) is 39.9 Å². The zero-order valence-electron chi connectivity index (χ0n) is 10.2. The Labute approximate surface area is 133 Å². The number of aromatic nitrogens is 3. The van der Waals surface area contributed by atoms with Crippen LogP contribution < -0.4 is 0 Å². The number of carboxylic acids is 1. The van der Waals surface area contributed by atoms with Crippen molar-refractivity contribution in [2.45, 2.75) is 0 Å². The van der Waals surface area contributed by atoms with Crippen LogP contribution in [0.3, 0.4) is 0 Å². The van der Waals surface area contributed by atoms with Gasteiger partial charge < -0.3 is 5.11 Å². The summed E-state index contributed by atoms with van der Waals surface area (Å²) in [6, 6.07) is 6.29. The van der Waals surface area contributed by atoms with E-state index in [1.165, 1.54) is 16.7 Å². The van der Waals surface area contributed by atoms with Crippen molar-refractivity contribution in [3.8, 4) is 11.4 Å². The predicted octanol–water partition coefficient (Wildman–Crippen LogP) is 4.05. The first-order chi connectivity index (χ1) is 9.97. The van der Waals surface area contributed by atoms with Gasteiger partial charge in [-0.15, -0.1) is 10.2 Å². The SMILES string of the molecule is O=C(O)c1cc(Cl)c2nnc(-c3ccc(Cl)c(Cl)c3)n2c1. The summed E-state index contributed by atoms with van der Waals surface area (Å²) in [6.07, 6.45) is 1.40. The molecule has 0 saturated heterocycles. The maximum atomic E-state index is 11.1. The quantitative estimate of drug-likeness (QED) is 0.763. The van der Waals surface area contributed by atoms with E-state index in [0.29, 0.717) is 27.1 Å². The van der Waals surface area contributed by atoms with Gasteiger partial charge in [-0.3, -0.25) is 4.40 Å². The lowest BCUT2D eigenvalue weighted by Gasteiger charge is -2.04. The van der Waals surface area contributed by atoms with E-state index in [1.54, 1.807) is 18.2 Å². The third-order valence-corrected chi connectivity index (χ3v) is 3.90. The van der Waals surface area contributed by atoms with Gasteiger partial charge in [-0.2, -0.15) is 0 Å². The van der Waals surface area contributed by atoms with Gasteiger partial charge in [0.25, 0.3) is 0 Å². The summed E-state index contributed by atoms with van der Waals surface area (Å²) in [7, 11) is 0. The number of aromatic carboxylic acids is 1. The number of rotatable bonds is 2. The van der Waals surface area contributed by atoms with Crippen LogP contribution >= 0.6 is 34.8 Å². The summed E-state index contributed by atoms with van der Waals surface area (Å²) < 4.78 is 1.51. The largest absolute Gasteiger partial charge is 0.478 e. The second-order valence-electron chi connectivity index (χ2n) is 4.23. The lowest BCUT2D eigenvalue weighted by atomic mass is 10.2. The average Bonchev–Trinajstić information content (AvgIpc) is 2.86. The Morgan fingerprint density at radius 2 is 1.81 bits per heavy atom. The number of carbonyl (C=O) groups is 1. The molecule has 0 atom stereocenters. The summed E-state index contributed by atoms with van der Waals surface area (Å²) in [4.78, 5) is 11.1. The van der Waals surface area contributed by atoms with Gasteiger partial charge in [0.1, 0.15) is 0 Å². The molecule has 0 saturated carbocycles. The lowest BCUT2D eigenvalue weighted by Crippen LogP contribution is -2.00. The van der Waals surface area contributed by atoms with Crippen LogP contribution in [-0.4, -0.2) is 25.7 Å². The van der Waals surface area contributed by atoms with Crippen LogP contribution in [0.2, 0.25) is 15.1 Å². The van der Waals surface area contributed by atoms with Crippen molar-refractivity contribution in [1.29, 1.82) is 0 Å². The van der Waals surface area contributed by atoms with Gasteiger partial charge in [0.2, 0.25) is 0 Å². The van der Waals surface area contributed by atoms with Crippen molar-refractivity contribution in [1.82, 2.24) is 14.6 Å². The van der Waals surface area contributed by atoms with E-state index in [2.05, 4.69) is 10.2 Å². The second kappa shape index (κ2) is 5.18. The molecule has 0 aliphatic rings. The third-order valence-electron chi connectivity index (χ3n) is 2.88. The molecule has 0 spiro atoms. The van der Waals surface area contributed by atoms with E-state index in [9.17, 15) is 4.79 Å². The summed E-state index contributed by atoms with van der Waals surface area (Å²) in [5, 5.41) is 18.1. The minimum absolute atomic E-state index is 0.0358. The minimum Gasteiger partial charge on any atom is -0.478 e. The first kappa shape index (κ1) is 14.1. The van der Waals surface area contributed by atoms with Gasteiger partial charge in [0.15, 0.2) is 11.5 Å². The third kappa shape index (κ3) is 2.44. The Morgan fingerprint density at radius 3 is 2.48 bits per heavy atom. The molecule has 5 nitrogen and oxygen atoms in total. The Balaban J connectivity index is 2.27. The average molecular weight is 343 g/mol. The highest BCUT2D eigenvalue weighted by Crippen LogP contribution is 2.29. The molecule has 1 N–H and O–H groups in total. The van der Waals surface area contributed by atoms with Gasteiger partial charge in [-0.05, 0) is 24.3 Å². The fourth-order valence-electron chi connectivity index (χ4n) is 1.90. The highest BCUT2D eigenvalue weighted by molar-refractivity contribution is 6.42. The molecule has 0 radical (unpaired) electrons. The number of hydrogen-bond acceptors (Lipinski definition) is 3. The van der Waals surface area contributed by atoms with Crippen molar-refractivity contribution in [3.05, 3.63) is 51.1 Å². The smallest absolute Gasteiger partial charge is 0.337 e. The van der Waals surface area contributed by atoms with Crippen LogP contribution in [0.5, 0.6) is 0 Å². The number of halogens is 3. The normalized spacial score (nSPS) is 11.0. The molecular weight excluding hydrogens is 337 g/mol. The Kier molecular flexibility index (Phi) is 3.49. The van der Waals surface area contributed by atoms with Crippen LogP contribution in [0.4, 0.5) is 0 Å².